The third-order valence-corrected chi connectivity index (χ3v) is 2.40. The first-order valence-corrected chi connectivity index (χ1v) is 5.79. The van der Waals surface area contributed by atoms with E-state index in [1.165, 1.54) is 0 Å². The Labute approximate surface area is 105 Å². The normalized spacial score (nSPS) is 10.8. The van der Waals surface area contributed by atoms with Crippen LogP contribution < -0.4 is 10.6 Å². The summed E-state index contributed by atoms with van der Waals surface area (Å²) in [6, 6.07) is 0. The summed E-state index contributed by atoms with van der Waals surface area (Å²) in [6.07, 6.45) is 5.46. The first kappa shape index (κ1) is 12.6. The molecular weight excluding hydrogens is 234 g/mol. The molecule has 0 aliphatic carbocycles. The fourth-order valence-electron chi connectivity index (χ4n) is 1.58. The standard InChI is InChI=1S/C11H17N5O2/c1-12-9-8-16-4-2-14-11(16)10(15-9)13-3-6-18-7-5-17/h2,4,8,12,17H,3,5-7H2,1H3,(H,13,15). The fourth-order valence-corrected chi connectivity index (χ4v) is 1.58. The summed E-state index contributed by atoms with van der Waals surface area (Å²) < 4.78 is 7.07. The van der Waals surface area contributed by atoms with Gasteiger partial charge in [-0.3, -0.25) is 0 Å². The molecule has 7 nitrogen and oxygen atoms in total. The molecule has 0 fully saturated rings. The number of fused-ring (bicyclic) bond motifs is 1. The predicted octanol–water partition coefficient (Wildman–Crippen LogP) is 0.192. The van der Waals surface area contributed by atoms with E-state index in [4.69, 9.17) is 9.84 Å². The molecule has 0 saturated heterocycles. The van der Waals surface area contributed by atoms with E-state index in [0.29, 0.717) is 25.6 Å². The summed E-state index contributed by atoms with van der Waals surface area (Å²) in [5, 5.41) is 14.7. The Balaban J connectivity index is 2.04. The van der Waals surface area contributed by atoms with Gasteiger partial charge in [0.15, 0.2) is 11.5 Å². The van der Waals surface area contributed by atoms with Crippen LogP contribution in [-0.4, -0.2) is 52.9 Å². The molecule has 98 valence electrons. The molecule has 0 spiro atoms. The maximum Gasteiger partial charge on any atom is 0.180 e. The summed E-state index contributed by atoms with van der Waals surface area (Å²) in [5.41, 5.74) is 0.774. The molecule has 2 heterocycles. The third-order valence-electron chi connectivity index (χ3n) is 2.40. The molecular formula is C11H17N5O2. The summed E-state index contributed by atoms with van der Waals surface area (Å²) in [7, 11) is 1.82. The molecule has 0 unspecified atom stereocenters. The highest BCUT2D eigenvalue weighted by molar-refractivity contribution is 5.65. The van der Waals surface area contributed by atoms with Crippen LogP contribution in [0.3, 0.4) is 0 Å². The van der Waals surface area contributed by atoms with Crippen molar-refractivity contribution in [1.29, 1.82) is 0 Å². The molecule has 7 heteroatoms. The van der Waals surface area contributed by atoms with Crippen molar-refractivity contribution < 1.29 is 9.84 Å². The van der Waals surface area contributed by atoms with E-state index in [1.54, 1.807) is 6.20 Å². The maximum absolute atomic E-state index is 8.59. The van der Waals surface area contributed by atoms with Gasteiger partial charge in [-0.25, -0.2) is 9.97 Å². The number of ether oxygens (including phenoxy) is 1. The Bertz CT molecular complexity index is 499. The van der Waals surface area contributed by atoms with E-state index in [9.17, 15) is 0 Å². The summed E-state index contributed by atoms with van der Waals surface area (Å²) in [5.74, 6) is 1.47. The van der Waals surface area contributed by atoms with E-state index < -0.39 is 0 Å². The zero-order valence-electron chi connectivity index (χ0n) is 10.3. The quantitative estimate of drug-likeness (QED) is 0.609. The Morgan fingerprint density at radius 1 is 1.44 bits per heavy atom. The average molecular weight is 251 g/mol. The van der Waals surface area contributed by atoms with Gasteiger partial charge >= 0.3 is 0 Å². The summed E-state index contributed by atoms with van der Waals surface area (Å²) in [6.45, 7) is 1.52. The number of aliphatic hydroxyl groups excluding tert-OH is 1. The lowest BCUT2D eigenvalue weighted by Crippen LogP contribution is -2.13. The molecule has 2 aromatic heterocycles. The largest absolute Gasteiger partial charge is 0.394 e. The SMILES string of the molecule is CNc1cn2ccnc2c(NCCOCCO)n1. The second-order valence-corrected chi connectivity index (χ2v) is 3.65. The van der Waals surface area contributed by atoms with Gasteiger partial charge < -0.3 is 24.9 Å². The van der Waals surface area contributed by atoms with Crippen molar-refractivity contribution in [3.8, 4) is 0 Å². The van der Waals surface area contributed by atoms with Gasteiger partial charge in [0.05, 0.1) is 26.0 Å². The molecule has 0 saturated carbocycles. The second kappa shape index (κ2) is 6.18. The highest BCUT2D eigenvalue weighted by atomic mass is 16.5. The number of nitrogens with one attached hydrogen (secondary N) is 2. The zero-order valence-corrected chi connectivity index (χ0v) is 10.3. The number of aromatic nitrogens is 3. The molecule has 0 radical (unpaired) electrons. The van der Waals surface area contributed by atoms with E-state index in [2.05, 4.69) is 20.6 Å². The van der Waals surface area contributed by atoms with Gasteiger partial charge in [0, 0.05) is 26.0 Å². The molecule has 0 aliphatic rings. The number of hydrogen-bond donors (Lipinski definition) is 3. The smallest absolute Gasteiger partial charge is 0.180 e. The summed E-state index contributed by atoms with van der Waals surface area (Å²) >= 11 is 0. The fraction of sp³-hybridized carbons (Fsp3) is 0.455. The van der Waals surface area contributed by atoms with Gasteiger partial charge in [-0.15, -0.1) is 0 Å². The minimum absolute atomic E-state index is 0.0397. The molecule has 0 aromatic carbocycles. The van der Waals surface area contributed by atoms with Crippen LogP contribution in [0.1, 0.15) is 0 Å². The Kier molecular flexibility index (Phi) is 4.32. The van der Waals surface area contributed by atoms with Gasteiger partial charge in [-0.1, -0.05) is 0 Å². The predicted molar refractivity (Wildman–Crippen MR) is 68.9 cm³/mol. The molecule has 18 heavy (non-hydrogen) atoms. The van der Waals surface area contributed by atoms with E-state index in [-0.39, 0.29) is 6.61 Å². The van der Waals surface area contributed by atoms with Crippen molar-refractivity contribution in [3.63, 3.8) is 0 Å². The Hall–Kier alpha value is -1.86. The Morgan fingerprint density at radius 3 is 3.11 bits per heavy atom. The number of nitrogens with zero attached hydrogens (tertiary/aromatic N) is 3. The van der Waals surface area contributed by atoms with Crippen molar-refractivity contribution in [2.24, 2.45) is 0 Å². The maximum atomic E-state index is 8.59. The minimum Gasteiger partial charge on any atom is -0.394 e. The molecule has 2 aromatic rings. The monoisotopic (exact) mass is 251 g/mol. The number of aliphatic hydroxyl groups is 1. The number of rotatable bonds is 7. The van der Waals surface area contributed by atoms with Crippen LogP contribution in [0.2, 0.25) is 0 Å². The third kappa shape index (κ3) is 2.88. The average Bonchev–Trinajstić information content (AvgIpc) is 2.86. The van der Waals surface area contributed by atoms with Crippen LogP contribution in [-0.2, 0) is 4.74 Å². The second-order valence-electron chi connectivity index (χ2n) is 3.65. The molecule has 0 amide bonds. The van der Waals surface area contributed by atoms with Crippen molar-refractivity contribution >= 4 is 17.3 Å². The highest BCUT2D eigenvalue weighted by Crippen LogP contribution is 2.15. The lowest BCUT2D eigenvalue weighted by Gasteiger charge is -2.09. The molecule has 0 bridgehead atoms. The van der Waals surface area contributed by atoms with Crippen molar-refractivity contribution in [2.45, 2.75) is 0 Å². The summed E-state index contributed by atoms with van der Waals surface area (Å²) in [4.78, 5) is 8.64. The van der Waals surface area contributed by atoms with Crippen LogP contribution in [0.15, 0.2) is 18.6 Å². The van der Waals surface area contributed by atoms with Crippen LogP contribution >= 0.6 is 0 Å². The number of hydrogen-bond acceptors (Lipinski definition) is 6. The van der Waals surface area contributed by atoms with E-state index in [0.717, 1.165) is 11.5 Å². The number of anilines is 2. The van der Waals surface area contributed by atoms with Crippen LogP contribution in [0.5, 0.6) is 0 Å². The van der Waals surface area contributed by atoms with Gasteiger partial charge in [-0.05, 0) is 0 Å². The van der Waals surface area contributed by atoms with E-state index in [1.807, 2.05) is 23.8 Å². The van der Waals surface area contributed by atoms with Gasteiger partial charge in [0.2, 0.25) is 0 Å². The molecule has 0 atom stereocenters. The molecule has 3 N–H and O–H groups in total. The van der Waals surface area contributed by atoms with E-state index >= 15 is 0 Å². The van der Waals surface area contributed by atoms with Crippen LogP contribution in [0.4, 0.5) is 11.6 Å². The zero-order chi connectivity index (χ0) is 12.8. The van der Waals surface area contributed by atoms with Gasteiger partial charge in [0.1, 0.15) is 5.82 Å². The topological polar surface area (TPSA) is 83.7 Å². The molecule has 2 rings (SSSR count). The number of imidazole rings is 1. The van der Waals surface area contributed by atoms with Crippen molar-refractivity contribution in [1.82, 2.24) is 14.4 Å². The van der Waals surface area contributed by atoms with Gasteiger partial charge in [-0.2, -0.15) is 0 Å². The first-order valence-electron chi connectivity index (χ1n) is 5.79. The highest BCUT2D eigenvalue weighted by Gasteiger charge is 2.05. The molecule has 0 aliphatic heterocycles. The van der Waals surface area contributed by atoms with Crippen LogP contribution in [0, 0.1) is 0 Å². The van der Waals surface area contributed by atoms with Gasteiger partial charge in [0.25, 0.3) is 0 Å². The minimum atomic E-state index is 0.0397. The lowest BCUT2D eigenvalue weighted by molar-refractivity contribution is 0.0992. The van der Waals surface area contributed by atoms with Crippen molar-refractivity contribution in [3.05, 3.63) is 18.6 Å². The Morgan fingerprint density at radius 2 is 2.33 bits per heavy atom. The lowest BCUT2D eigenvalue weighted by atomic mass is 10.5. The first-order chi connectivity index (χ1) is 8.85. The van der Waals surface area contributed by atoms with Crippen molar-refractivity contribution in [2.75, 3.05) is 44.0 Å². The van der Waals surface area contributed by atoms with Crippen LogP contribution in [0.25, 0.3) is 5.65 Å².